The van der Waals surface area contributed by atoms with E-state index in [0.29, 0.717) is 16.2 Å². The summed E-state index contributed by atoms with van der Waals surface area (Å²) in [4.78, 5) is 10.2. The molecule has 0 aromatic rings. The van der Waals surface area contributed by atoms with Gasteiger partial charge in [0.2, 0.25) is 0 Å². The molecule has 4 atom stereocenters. The molecule has 3 rings (SSSR count). The van der Waals surface area contributed by atoms with Gasteiger partial charge in [0, 0.05) is 22.3 Å². The van der Waals surface area contributed by atoms with E-state index >= 15 is 0 Å². The largest absolute Gasteiger partial charge is 0.292 e. The van der Waals surface area contributed by atoms with E-state index < -0.39 is 0 Å². The van der Waals surface area contributed by atoms with Gasteiger partial charge in [-0.25, -0.2) is 0 Å². The molecular weight excluding hydrogens is 328 g/mol. The van der Waals surface area contributed by atoms with Crippen molar-refractivity contribution in [1.29, 1.82) is 0 Å². The molecule has 0 N–H and O–H groups in total. The maximum atomic E-state index is 5.13. The van der Waals surface area contributed by atoms with Crippen LogP contribution in [0.4, 0.5) is 0 Å². The van der Waals surface area contributed by atoms with Crippen LogP contribution in [-0.4, -0.2) is 24.5 Å². The molecule has 3 aliphatic rings. The second kappa shape index (κ2) is 6.70. The quantitative estimate of drug-likeness (QED) is 0.472. The lowest BCUT2D eigenvalue weighted by Crippen LogP contribution is -2.37. The lowest BCUT2D eigenvalue weighted by Gasteiger charge is -2.39. The summed E-state index contributed by atoms with van der Waals surface area (Å²) in [5.41, 5.74) is 4.18. The summed E-state index contributed by atoms with van der Waals surface area (Å²) in [5, 5.41) is 0. The van der Waals surface area contributed by atoms with Gasteiger partial charge < -0.3 is 0 Å². The smallest absolute Gasteiger partial charge is 0.0584 e. The van der Waals surface area contributed by atoms with E-state index in [1.807, 2.05) is 0 Å². The van der Waals surface area contributed by atoms with Crippen LogP contribution in [0.5, 0.6) is 0 Å². The van der Waals surface area contributed by atoms with E-state index in [0.717, 1.165) is 30.8 Å². The number of rotatable bonds is 5. The van der Waals surface area contributed by atoms with Crippen molar-refractivity contribution in [3.05, 3.63) is 0 Å². The molecule has 2 heteroatoms. The van der Waals surface area contributed by atoms with Crippen LogP contribution in [0.3, 0.4) is 0 Å². The predicted octanol–water partition coefficient (Wildman–Crippen LogP) is 6.83. The summed E-state index contributed by atoms with van der Waals surface area (Å²) in [6.45, 7) is 23.6. The van der Waals surface area contributed by atoms with E-state index in [-0.39, 0.29) is 5.41 Å². The molecule has 0 heterocycles. The van der Waals surface area contributed by atoms with E-state index in [4.69, 9.17) is 9.98 Å². The molecule has 154 valence electrons. The number of hydrogen-bond acceptors (Lipinski definition) is 2. The van der Waals surface area contributed by atoms with Gasteiger partial charge in [0.1, 0.15) is 0 Å². The second-order valence-electron chi connectivity index (χ2n) is 11.7. The van der Waals surface area contributed by atoms with E-state index in [9.17, 15) is 0 Å². The summed E-state index contributed by atoms with van der Waals surface area (Å²) >= 11 is 0. The molecule has 3 aliphatic carbocycles. The minimum absolute atomic E-state index is 0.203. The van der Waals surface area contributed by atoms with Crippen molar-refractivity contribution in [3.8, 4) is 0 Å². The highest BCUT2D eigenvalue weighted by Gasteiger charge is 2.63. The molecule has 0 aromatic heterocycles. The first-order valence-electron chi connectivity index (χ1n) is 11.5. The zero-order chi connectivity index (χ0) is 20.3. The Hall–Kier alpha value is -0.660. The van der Waals surface area contributed by atoms with Crippen molar-refractivity contribution in [2.75, 3.05) is 13.1 Å². The Morgan fingerprint density at radius 2 is 1.44 bits per heavy atom. The number of nitrogens with zero attached hydrogens (tertiary/aromatic N) is 2. The maximum Gasteiger partial charge on any atom is 0.0584 e. The van der Waals surface area contributed by atoms with Gasteiger partial charge in [-0.05, 0) is 54.3 Å². The van der Waals surface area contributed by atoms with Crippen LogP contribution in [0.2, 0.25) is 0 Å². The third-order valence-corrected chi connectivity index (χ3v) is 10.2. The molecule has 4 unspecified atom stereocenters. The van der Waals surface area contributed by atoms with E-state index in [1.54, 1.807) is 0 Å². The fraction of sp³-hybridized carbons (Fsp3) is 0.920. The Kier molecular flexibility index (Phi) is 5.22. The van der Waals surface area contributed by atoms with Crippen molar-refractivity contribution < 1.29 is 0 Å². The minimum Gasteiger partial charge on any atom is -0.292 e. The predicted molar refractivity (Wildman–Crippen MR) is 119 cm³/mol. The minimum atomic E-state index is 0.203. The summed E-state index contributed by atoms with van der Waals surface area (Å²) in [6, 6.07) is 0. The SMILES string of the molecule is CCCC1C/C(=N/CC/N=C2\CC3CC(C)C2(C)C3(C)C)C(C)(C)C1(C)C. The molecular formula is C25H44N2. The van der Waals surface area contributed by atoms with Crippen molar-refractivity contribution in [1.82, 2.24) is 0 Å². The first kappa shape index (κ1) is 21.1. The Morgan fingerprint density at radius 3 is 1.96 bits per heavy atom. The highest BCUT2D eigenvalue weighted by molar-refractivity contribution is 5.95. The average Bonchev–Trinajstić information content (AvgIpc) is 2.94. The van der Waals surface area contributed by atoms with Crippen LogP contribution < -0.4 is 0 Å². The lowest BCUT2D eigenvalue weighted by atomic mass is 9.66. The van der Waals surface area contributed by atoms with Crippen molar-refractivity contribution >= 4 is 11.4 Å². The molecule has 0 saturated heterocycles. The van der Waals surface area contributed by atoms with Gasteiger partial charge >= 0.3 is 0 Å². The Bertz CT molecular complexity index is 637. The van der Waals surface area contributed by atoms with Gasteiger partial charge in [-0.1, -0.05) is 68.7 Å². The monoisotopic (exact) mass is 372 g/mol. The van der Waals surface area contributed by atoms with Gasteiger partial charge in [-0.2, -0.15) is 0 Å². The molecule has 0 aliphatic heterocycles. The zero-order valence-corrected chi connectivity index (χ0v) is 19.6. The first-order valence-corrected chi connectivity index (χ1v) is 11.5. The lowest BCUT2D eigenvalue weighted by molar-refractivity contribution is 0.128. The average molecular weight is 373 g/mol. The maximum absolute atomic E-state index is 5.13. The standard InChI is InChI=1S/C25H44N2/c1-10-11-18-15-20(24(7,8)22(18,3)4)26-12-13-27-21-16-19-14-17(2)25(21,9)23(19,5)6/h17-19H,10-16H2,1-9H3/b26-20-,27-21+. The molecule has 0 aromatic carbocycles. The van der Waals surface area contributed by atoms with E-state index in [1.165, 1.54) is 43.5 Å². The zero-order valence-electron chi connectivity index (χ0n) is 19.6. The third-order valence-electron chi connectivity index (χ3n) is 10.2. The van der Waals surface area contributed by atoms with Crippen molar-refractivity contribution in [2.24, 2.45) is 49.4 Å². The number of hydrogen-bond donors (Lipinski definition) is 0. The Labute approximate surface area is 168 Å². The van der Waals surface area contributed by atoms with Crippen LogP contribution >= 0.6 is 0 Å². The molecule has 3 fully saturated rings. The van der Waals surface area contributed by atoms with Crippen LogP contribution in [0.25, 0.3) is 0 Å². The van der Waals surface area contributed by atoms with Gasteiger partial charge in [0.25, 0.3) is 0 Å². The second-order valence-corrected chi connectivity index (χ2v) is 11.7. The Balaban J connectivity index is 1.69. The van der Waals surface area contributed by atoms with Gasteiger partial charge in [0.15, 0.2) is 0 Å². The fourth-order valence-corrected chi connectivity index (χ4v) is 6.75. The topological polar surface area (TPSA) is 24.7 Å². The normalized spacial score (nSPS) is 41.7. The van der Waals surface area contributed by atoms with Crippen LogP contribution in [0.15, 0.2) is 9.98 Å². The Morgan fingerprint density at radius 1 is 0.852 bits per heavy atom. The first-order chi connectivity index (χ1) is 12.4. The molecule has 2 nitrogen and oxygen atoms in total. The van der Waals surface area contributed by atoms with Crippen LogP contribution in [-0.2, 0) is 0 Å². The van der Waals surface area contributed by atoms with Crippen LogP contribution in [0.1, 0.15) is 94.4 Å². The molecule has 0 amide bonds. The molecule has 3 saturated carbocycles. The van der Waals surface area contributed by atoms with Crippen molar-refractivity contribution in [3.63, 3.8) is 0 Å². The fourth-order valence-electron chi connectivity index (χ4n) is 6.75. The highest BCUT2D eigenvalue weighted by Crippen LogP contribution is 2.66. The van der Waals surface area contributed by atoms with Crippen LogP contribution in [0, 0.1) is 39.4 Å². The number of aliphatic imine (C=N–C) groups is 2. The van der Waals surface area contributed by atoms with Gasteiger partial charge in [-0.3, -0.25) is 9.98 Å². The molecule has 2 bridgehead atoms. The molecule has 27 heavy (non-hydrogen) atoms. The molecule has 0 radical (unpaired) electrons. The summed E-state index contributed by atoms with van der Waals surface area (Å²) < 4.78 is 0. The summed E-state index contributed by atoms with van der Waals surface area (Å²) in [7, 11) is 0. The number of fused-ring (bicyclic) bond motifs is 2. The van der Waals surface area contributed by atoms with Crippen molar-refractivity contribution in [2.45, 2.75) is 94.4 Å². The van der Waals surface area contributed by atoms with Gasteiger partial charge in [-0.15, -0.1) is 0 Å². The molecule has 0 spiro atoms. The summed E-state index contributed by atoms with van der Waals surface area (Å²) in [6.07, 6.45) is 6.39. The third kappa shape index (κ3) is 2.87. The van der Waals surface area contributed by atoms with E-state index in [2.05, 4.69) is 62.3 Å². The van der Waals surface area contributed by atoms with Gasteiger partial charge in [0.05, 0.1) is 13.1 Å². The highest BCUT2D eigenvalue weighted by atomic mass is 14.9. The summed E-state index contributed by atoms with van der Waals surface area (Å²) in [5.74, 6) is 2.36.